The zero-order valence-electron chi connectivity index (χ0n) is 14.3. The molecule has 128 valence electrons. The highest BCUT2D eigenvalue weighted by Gasteiger charge is 2.25. The van der Waals surface area contributed by atoms with Crippen molar-refractivity contribution in [2.75, 3.05) is 20.2 Å². The maximum atomic E-state index is 10.5. The Labute approximate surface area is 144 Å². The third kappa shape index (κ3) is 4.56. The third-order valence-electron chi connectivity index (χ3n) is 4.88. The molecule has 4 nitrogen and oxygen atoms in total. The summed E-state index contributed by atoms with van der Waals surface area (Å²) >= 11 is 0. The summed E-state index contributed by atoms with van der Waals surface area (Å²) in [4.78, 5) is 6.70. The molecular weight excluding hydrogens is 300 g/mol. The van der Waals surface area contributed by atoms with E-state index in [2.05, 4.69) is 28.1 Å². The van der Waals surface area contributed by atoms with Crippen LogP contribution >= 0.6 is 0 Å². The highest BCUT2D eigenvalue weighted by atomic mass is 16.5. The summed E-state index contributed by atoms with van der Waals surface area (Å²) in [5.74, 6) is 1.05. The molecule has 24 heavy (non-hydrogen) atoms. The molecular formula is C20H26N2O2. The van der Waals surface area contributed by atoms with Crippen LogP contribution in [0.5, 0.6) is 5.88 Å². The molecule has 1 N–H and O–H groups in total. The monoisotopic (exact) mass is 326 g/mol. The number of aromatic nitrogens is 1. The van der Waals surface area contributed by atoms with E-state index in [9.17, 15) is 5.11 Å². The van der Waals surface area contributed by atoms with Gasteiger partial charge in [-0.05, 0) is 49.4 Å². The standard InChI is InChI=1S/C20H26N2O2/c1-24-20-8-7-17(14-21-20)15-22-11-9-18(10-12-22)19(23)13-16-5-3-2-4-6-16/h2-8,14,18-19,23H,9-13,15H2,1H3/t19-/m1/s1. The molecule has 2 aromatic rings. The number of aliphatic hydroxyl groups is 1. The largest absolute Gasteiger partial charge is 0.481 e. The van der Waals surface area contributed by atoms with Gasteiger partial charge in [0.25, 0.3) is 0 Å². The van der Waals surface area contributed by atoms with Crippen LogP contribution in [0.1, 0.15) is 24.0 Å². The fraction of sp³-hybridized carbons (Fsp3) is 0.450. The van der Waals surface area contributed by atoms with Gasteiger partial charge in [0.1, 0.15) is 0 Å². The second-order valence-corrected chi connectivity index (χ2v) is 6.58. The molecule has 0 spiro atoms. The molecule has 4 heteroatoms. The van der Waals surface area contributed by atoms with Crippen molar-refractivity contribution >= 4 is 0 Å². The van der Waals surface area contributed by atoms with Crippen LogP contribution in [0.25, 0.3) is 0 Å². The van der Waals surface area contributed by atoms with Gasteiger partial charge in [-0.3, -0.25) is 4.90 Å². The van der Waals surface area contributed by atoms with Crippen LogP contribution in [0.4, 0.5) is 0 Å². The van der Waals surface area contributed by atoms with Crippen molar-refractivity contribution in [1.82, 2.24) is 9.88 Å². The molecule has 1 aliphatic heterocycles. The second kappa shape index (κ2) is 8.27. The smallest absolute Gasteiger partial charge is 0.212 e. The molecule has 2 heterocycles. The fourth-order valence-electron chi connectivity index (χ4n) is 3.40. The maximum Gasteiger partial charge on any atom is 0.212 e. The minimum atomic E-state index is -0.239. The van der Waals surface area contributed by atoms with Crippen LogP contribution in [0.2, 0.25) is 0 Å². The number of hydrogen-bond donors (Lipinski definition) is 1. The van der Waals surface area contributed by atoms with Gasteiger partial charge < -0.3 is 9.84 Å². The van der Waals surface area contributed by atoms with E-state index < -0.39 is 0 Å². The van der Waals surface area contributed by atoms with Gasteiger partial charge in [0.05, 0.1) is 13.2 Å². The molecule has 1 fully saturated rings. The second-order valence-electron chi connectivity index (χ2n) is 6.58. The first-order valence-corrected chi connectivity index (χ1v) is 8.68. The van der Waals surface area contributed by atoms with Gasteiger partial charge in [-0.15, -0.1) is 0 Å². The lowest BCUT2D eigenvalue weighted by Gasteiger charge is -2.34. The van der Waals surface area contributed by atoms with E-state index in [0.717, 1.165) is 38.9 Å². The molecule has 0 amide bonds. The van der Waals surface area contributed by atoms with Gasteiger partial charge in [-0.2, -0.15) is 0 Å². The van der Waals surface area contributed by atoms with Gasteiger partial charge in [0, 0.05) is 18.8 Å². The first kappa shape index (κ1) is 16.9. The van der Waals surface area contributed by atoms with Crippen LogP contribution in [0.15, 0.2) is 48.7 Å². The van der Waals surface area contributed by atoms with Crippen molar-refractivity contribution in [3.63, 3.8) is 0 Å². The van der Waals surface area contributed by atoms with E-state index in [-0.39, 0.29) is 6.10 Å². The number of methoxy groups -OCH3 is 1. The molecule has 1 aromatic carbocycles. The summed E-state index contributed by atoms with van der Waals surface area (Å²) in [5.41, 5.74) is 2.43. The summed E-state index contributed by atoms with van der Waals surface area (Å²) in [5, 5.41) is 10.5. The van der Waals surface area contributed by atoms with E-state index in [1.165, 1.54) is 11.1 Å². The summed E-state index contributed by atoms with van der Waals surface area (Å²) in [6, 6.07) is 14.3. The molecule has 1 atom stereocenters. The molecule has 3 rings (SSSR count). The van der Waals surface area contributed by atoms with E-state index in [4.69, 9.17) is 4.74 Å². The van der Waals surface area contributed by atoms with Gasteiger partial charge >= 0.3 is 0 Å². The topological polar surface area (TPSA) is 45.6 Å². The summed E-state index contributed by atoms with van der Waals surface area (Å²) in [6.07, 6.45) is 4.51. The third-order valence-corrected chi connectivity index (χ3v) is 4.88. The van der Waals surface area contributed by atoms with E-state index in [0.29, 0.717) is 11.8 Å². The molecule has 1 aromatic heterocycles. The van der Waals surface area contributed by atoms with Crippen LogP contribution < -0.4 is 4.74 Å². The molecule has 0 saturated carbocycles. The quantitative estimate of drug-likeness (QED) is 0.886. The fourth-order valence-corrected chi connectivity index (χ4v) is 3.40. The van der Waals surface area contributed by atoms with Crippen molar-refractivity contribution in [2.45, 2.75) is 31.9 Å². The predicted molar refractivity (Wildman–Crippen MR) is 94.9 cm³/mol. The Morgan fingerprint density at radius 3 is 2.50 bits per heavy atom. The van der Waals surface area contributed by atoms with Crippen LogP contribution in [-0.2, 0) is 13.0 Å². The molecule has 0 unspecified atom stereocenters. The maximum absolute atomic E-state index is 10.5. The van der Waals surface area contributed by atoms with Gasteiger partial charge in [-0.25, -0.2) is 4.98 Å². The molecule has 0 radical (unpaired) electrons. The Morgan fingerprint density at radius 1 is 1.12 bits per heavy atom. The SMILES string of the molecule is COc1ccc(CN2CCC([C@H](O)Cc3ccccc3)CC2)cn1. The van der Waals surface area contributed by atoms with Gasteiger partial charge in [0.15, 0.2) is 0 Å². The lowest BCUT2D eigenvalue weighted by molar-refractivity contribution is 0.0576. The summed E-state index contributed by atoms with van der Waals surface area (Å²) in [7, 11) is 1.63. The van der Waals surface area contributed by atoms with Crippen molar-refractivity contribution in [2.24, 2.45) is 5.92 Å². The van der Waals surface area contributed by atoms with Gasteiger partial charge in [0.2, 0.25) is 5.88 Å². The van der Waals surface area contributed by atoms with Gasteiger partial charge in [-0.1, -0.05) is 36.4 Å². The lowest BCUT2D eigenvalue weighted by atomic mass is 9.88. The van der Waals surface area contributed by atoms with Crippen LogP contribution in [-0.4, -0.2) is 41.3 Å². The van der Waals surface area contributed by atoms with Crippen LogP contribution in [0.3, 0.4) is 0 Å². The minimum Gasteiger partial charge on any atom is -0.481 e. The average Bonchev–Trinajstić information content (AvgIpc) is 2.64. The Morgan fingerprint density at radius 2 is 1.88 bits per heavy atom. The van der Waals surface area contributed by atoms with E-state index in [1.54, 1.807) is 7.11 Å². The van der Waals surface area contributed by atoms with Crippen molar-refractivity contribution in [1.29, 1.82) is 0 Å². The Bertz CT molecular complexity index is 607. The Kier molecular flexibility index (Phi) is 5.83. The first-order chi connectivity index (χ1) is 11.7. The van der Waals surface area contributed by atoms with Crippen molar-refractivity contribution in [3.8, 4) is 5.88 Å². The average molecular weight is 326 g/mol. The summed E-state index contributed by atoms with van der Waals surface area (Å²) in [6.45, 7) is 2.98. The predicted octanol–water partition coefficient (Wildman–Crippen LogP) is 2.91. The zero-order chi connectivity index (χ0) is 16.8. The number of hydrogen-bond acceptors (Lipinski definition) is 4. The number of benzene rings is 1. The number of nitrogens with zero attached hydrogens (tertiary/aromatic N) is 2. The first-order valence-electron chi connectivity index (χ1n) is 8.68. The highest BCUT2D eigenvalue weighted by molar-refractivity contribution is 5.18. The number of piperidine rings is 1. The number of likely N-dealkylation sites (tertiary alicyclic amines) is 1. The number of ether oxygens (including phenoxy) is 1. The molecule has 0 aliphatic carbocycles. The number of aliphatic hydroxyl groups excluding tert-OH is 1. The summed E-state index contributed by atoms with van der Waals surface area (Å²) < 4.78 is 5.10. The van der Waals surface area contributed by atoms with E-state index >= 15 is 0 Å². The lowest BCUT2D eigenvalue weighted by Crippen LogP contribution is -2.38. The van der Waals surface area contributed by atoms with Crippen molar-refractivity contribution < 1.29 is 9.84 Å². The van der Waals surface area contributed by atoms with Crippen molar-refractivity contribution in [3.05, 3.63) is 59.8 Å². The Balaban J connectivity index is 1.46. The number of rotatable bonds is 6. The molecule has 0 bridgehead atoms. The molecule has 1 saturated heterocycles. The Hall–Kier alpha value is -1.91. The van der Waals surface area contributed by atoms with Crippen LogP contribution in [0, 0.1) is 5.92 Å². The highest BCUT2D eigenvalue weighted by Crippen LogP contribution is 2.24. The normalized spacial score (nSPS) is 17.6. The zero-order valence-corrected chi connectivity index (χ0v) is 14.3. The number of pyridine rings is 1. The van der Waals surface area contributed by atoms with E-state index in [1.807, 2.05) is 30.5 Å². The molecule has 1 aliphatic rings. The minimum absolute atomic E-state index is 0.239.